The summed E-state index contributed by atoms with van der Waals surface area (Å²) in [5.74, 6) is 0.551. The lowest BCUT2D eigenvalue weighted by Crippen LogP contribution is -2.02. The third-order valence-corrected chi connectivity index (χ3v) is 1.89. The van der Waals surface area contributed by atoms with Crippen LogP contribution in [0.4, 0.5) is 0 Å². The highest BCUT2D eigenvalue weighted by molar-refractivity contribution is 6.30. The predicted octanol–water partition coefficient (Wildman–Crippen LogP) is 2.91. The quantitative estimate of drug-likeness (QED) is 0.696. The Morgan fingerprint density at radius 1 is 1.54 bits per heavy atom. The molecule has 0 aliphatic carbocycles. The van der Waals surface area contributed by atoms with E-state index in [-0.39, 0.29) is 0 Å². The van der Waals surface area contributed by atoms with Crippen LogP contribution in [0, 0.1) is 5.92 Å². The summed E-state index contributed by atoms with van der Waals surface area (Å²) >= 11 is 5.85. The Morgan fingerprint density at radius 2 is 2.31 bits per heavy atom. The van der Waals surface area contributed by atoms with Crippen LogP contribution in [0.25, 0.3) is 0 Å². The molecule has 0 fully saturated rings. The van der Waals surface area contributed by atoms with Gasteiger partial charge in [0.05, 0.1) is 6.61 Å². The summed E-state index contributed by atoms with van der Waals surface area (Å²) in [5, 5.41) is 0.534. The number of halogens is 1. The molecule has 0 saturated carbocycles. The number of hydrogen-bond acceptors (Lipinski definition) is 2. The number of hydrogen-bond donors (Lipinski definition) is 0. The van der Waals surface area contributed by atoms with E-state index in [4.69, 9.17) is 16.3 Å². The average Bonchev–Trinajstić information content (AvgIpc) is 2.08. The molecule has 0 bridgehead atoms. The molecule has 3 heteroatoms. The highest BCUT2D eigenvalue weighted by Gasteiger charge is 2.00. The molecule has 0 aliphatic heterocycles. The van der Waals surface area contributed by atoms with Gasteiger partial charge in [0.25, 0.3) is 0 Å². The SMILES string of the molecule is CC(C)COCc1cccnc1Cl. The van der Waals surface area contributed by atoms with Crippen LogP contribution in [0.3, 0.4) is 0 Å². The number of aromatic nitrogens is 1. The maximum absolute atomic E-state index is 5.85. The summed E-state index contributed by atoms with van der Waals surface area (Å²) in [4.78, 5) is 3.96. The first-order valence-corrected chi connectivity index (χ1v) is 4.75. The molecule has 13 heavy (non-hydrogen) atoms. The van der Waals surface area contributed by atoms with E-state index in [0.717, 1.165) is 12.2 Å². The largest absolute Gasteiger partial charge is 0.376 e. The fourth-order valence-corrected chi connectivity index (χ4v) is 1.11. The summed E-state index contributed by atoms with van der Waals surface area (Å²) in [6.07, 6.45) is 1.67. The highest BCUT2D eigenvalue weighted by atomic mass is 35.5. The van der Waals surface area contributed by atoms with Crippen molar-refractivity contribution in [2.24, 2.45) is 5.92 Å². The minimum atomic E-state index is 0.534. The van der Waals surface area contributed by atoms with E-state index < -0.39 is 0 Å². The van der Waals surface area contributed by atoms with Gasteiger partial charge in [0, 0.05) is 18.4 Å². The molecule has 2 nitrogen and oxygen atoms in total. The van der Waals surface area contributed by atoms with Crippen LogP contribution >= 0.6 is 11.6 Å². The van der Waals surface area contributed by atoms with Crippen molar-refractivity contribution >= 4 is 11.6 Å². The van der Waals surface area contributed by atoms with Crippen LogP contribution in [0.1, 0.15) is 19.4 Å². The fraction of sp³-hybridized carbons (Fsp3) is 0.500. The second-order valence-electron chi connectivity index (χ2n) is 3.36. The number of nitrogens with zero attached hydrogens (tertiary/aromatic N) is 1. The van der Waals surface area contributed by atoms with E-state index >= 15 is 0 Å². The zero-order chi connectivity index (χ0) is 9.68. The van der Waals surface area contributed by atoms with Gasteiger partial charge in [0.1, 0.15) is 5.15 Å². The predicted molar refractivity (Wildman–Crippen MR) is 53.7 cm³/mol. The second-order valence-corrected chi connectivity index (χ2v) is 3.72. The molecule has 72 valence electrons. The van der Waals surface area contributed by atoms with Crippen molar-refractivity contribution in [3.8, 4) is 0 Å². The molecule has 0 unspecified atom stereocenters. The molecule has 1 heterocycles. The van der Waals surface area contributed by atoms with Crippen molar-refractivity contribution in [3.63, 3.8) is 0 Å². The standard InChI is InChI=1S/C10H14ClNO/c1-8(2)6-13-7-9-4-3-5-12-10(9)11/h3-5,8H,6-7H2,1-2H3. The van der Waals surface area contributed by atoms with E-state index in [1.54, 1.807) is 6.20 Å². The van der Waals surface area contributed by atoms with Crippen molar-refractivity contribution in [2.45, 2.75) is 20.5 Å². The van der Waals surface area contributed by atoms with E-state index in [1.165, 1.54) is 0 Å². The van der Waals surface area contributed by atoms with Gasteiger partial charge < -0.3 is 4.74 Å². The van der Waals surface area contributed by atoms with Crippen LogP contribution in [0.15, 0.2) is 18.3 Å². The Bertz CT molecular complexity index is 263. The molecule has 1 aromatic rings. The molecule has 0 atom stereocenters. The van der Waals surface area contributed by atoms with Crippen molar-refractivity contribution in [1.29, 1.82) is 0 Å². The van der Waals surface area contributed by atoms with Crippen LogP contribution in [0.2, 0.25) is 5.15 Å². The summed E-state index contributed by atoms with van der Waals surface area (Å²) in [6.45, 7) is 5.53. The fourth-order valence-electron chi connectivity index (χ4n) is 0.932. The van der Waals surface area contributed by atoms with Gasteiger partial charge in [-0.15, -0.1) is 0 Å². The first-order chi connectivity index (χ1) is 6.20. The van der Waals surface area contributed by atoms with Gasteiger partial charge in [0.2, 0.25) is 0 Å². The minimum Gasteiger partial charge on any atom is -0.376 e. The van der Waals surface area contributed by atoms with Crippen LogP contribution < -0.4 is 0 Å². The van der Waals surface area contributed by atoms with Crippen LogP contribution in [0.5, 0.6) is 0 Å². The molecular formula is C10H14ClNO. The Balaban J connectivity index is 2.41. The minimum absolute atomic E-state index is 0.534. The molecule has 0 aromatic carbocycles. The molecule has 0 radical (unpaired) electrons. The molecule has 1 aromatic heterocycles. The zero-order valence-electron chi connectivity index (χ0n) is 7.96. The van der Waals surface area contributed by atoms with Crippen molar-refractivity contribution < 1.29 is 4.74 Å². The van der Waals surface area contributed by atoms with Crippen molar-refractivity contribution in [2.75, 3.05) is 6.61 Å². The number of ether oxygens (including phenoxy) is 1. The van der Waals surface area contributed by atoms with Gasteiger partial charge in [-0.25, -0.2) is 4.98 Å². The normalized spacial score (nSPS) is 10.8. The Kier molecular flexibility index (Phi) is 4.19. The van der Waals surface area contributed by atoms with Crippen LogP contribution in [-0.4, -0.2) is 11.6 Å². The topological polar surface area (TPSA) is 22.1 Å². The third-order valence-electron chi connectivity index (χ3n) is 1.55. The van der Waals surface area contributed by atoms with Crippen molar-refractivity contribution in [3.05, 3.63) is 29.0 Å². The van der Waals surface area contributed by atoms with Crippen LogP contribution in [-0.2, 0) is 11.3 Å². The lowest BCUT2D eigenvalue weighted by atomic mass is 10.2. The summed E-state index contributed by atoms with van der Waals surface area (Å²) in [7, 11) is 0. The molecule has 0 amide bonds. The maximum Gasteiger partial charge on any atom is 0.134 e. The Labute approximate surface area is 83.9 Å². The van der Waals surface area contributed by atoms with E-state index in [1.807, 2.05) is 12.1 Å². The van der Waals surface area contributed by atoms with Gasteiger partial charge in [-0.05, 0) is 12.0 Å². The number of pyridine rings is 1. The summed E-state index contributed by atoms with van der Waals surface area (Å²) < 4.78 is 5.44. The smallest absolute Gasteiger partial charge is 0.134 e. The Hall–Kier alpha value is -0.600. The lowest BCUT2D eigenvalue weighted by molar-refractivity contribution is 0.0969. The van der Waals surface area contributed by atoms with Gasteiger partial charge in [-0.3, -0.25) is 0 Å². The van der Waals surface area contributed by atoms with Gasteiger partial charge >= 0.3 is 0 Å². The average molecular weight is 200 g/mol. The van der Waals surface area contributed by atoms with Crippen molar-refractivity contribution in [1.82, 2.24) is 4.98 Å². The summed E-state index contributed by atoms with van der Waals surface area (Å²) in [5.41, 5.74) is 0.949. The molecule has 0 spiro atoms. The summed E-state index contributed by atoms with van der Waals surface area (Å²) in [6, 6.07) is 3.79. The monoisotopic (exact) mass is 199 g/mol. The van der Waals surface area contributed by atoms with E-state index in [2.05, 4.69) is 18.8 Å². The first kappa shape index (κ1) is 10.5. The molecule has 0 N–H and O–H groups in total. The highest BCUT2D eigenvalue weighted by Crippen LogP contribution is 2.12. The molecular weight excluding hydrogens is 186 g/mol. The Morgan fingerprint density at radius 3 is 2.92 bits per heavy atom. The molecule has 0 aliphatic rings. The molecule has 0 saturated heterocycles. The zero-order valence-corrected chi connectivity index (χ0v) is 8.71. The van der Waals surface area contributed by atoms with Gasteiger partial charge in [0.15, 0.2) is 0 Å². The van der Waals surface area contributed by atoms with E-state index in [9.17, 15) is 0 Å². The molecule has 1 rings (SSSR count). The lowest BCUT2D eigenvalue weighted by Gasteiger charge is -2.07. The number of rotatable bonds is 4. The second kappa shape index (κ2) is 5.20. The van der Waals surface area contributed by atoms with Gasteiger partial charge in [-0.2, -0.15) is 0 Å². The first-order valence-electron chi connectivity index (χ1n) is 4.37. The maximum atomic E-state index is 5.85. The van der Waals surface area contributed by atoms with Gasteiger partial charge in [-0.1, -0.05) is 31.5 Å². The third kappa shape index (κ3) is 3.75. The van der Waals surface area contributed by atoms with E-state index in [0.29, 0.717) is 17.7 Å².